The van der Waals surface area contributed by atoms with Crippen LogP contribution >= 0.6 is 15.9 Å². The lowest BCUT2D eigenvalue weighted by atomic mass is 10.1. The first-order valence-electron chi connectivity index (χ1n) is 7.53. The van der Waals surface area contributed by atoms with Gasteiger partial charge in [-0.25, -0.2) is 4.79 Å². The summed E-state index contributed by atoms with van der Waals surface area (Å²) in [6, 6.07) is 8.80. The maximum atomic E-state index is 11.1. The van der Waals surface area contributed by atoms with Gasteiger partial charge in [0.1, 0.15) is 0 Å². The molecule has 0 fully saturated rings. The minimum Gasteiger partial charge on any atom is -0.493 e. The van der Waals surface area contributed by atoms with Crippen molar-refractivity contribution in [2.75, 3.05) is 19.0 Å². The van der Waals surface area contributed by atoms with Crippen LogP contribution in [-0.4, -0.2) is 24.8 Å². The van der Waals surface area contributed by atoms with Crippen LogP contribution in [0.15, 0.2) is 34.8 Å². The largest absolute Gasteiger partial charge is 0.493 e. The smallest absolute Gasteiger partial charge is 0.335 e. The van der Waals surface area contributed by atoms with Crippen LogP contribution in [0, 0.1) is 6.92 Å². The molecule has 2 N–H and O–H groups in total. The van der Waals surface area contributed by atoms with Crippen LogP contribution in [0.25, 0.3) is 0 Å². The van der Waals surface area contributed by atoms with Crippen molar-refractivity contribution in [3.63, 3.8) is 0 Å². The van der Waals surface area contributed by atoms with E-state index in [-0.39, 0.29) is 5.56 Å². The van der Waals surface area contributed by atoms with Gasteiger partial charge in [-0.15, -0.1) is 0 Å². The molecule has 2 aromatic carbocycles. The molecule has 2 rings (SSSR count). The van der Waals surface area contributed by atoms with E-state index in [9.17, 15) is 4.79 Å². The zero-order chi connectivity index (χ0) is 17.7. The summed E-state index contributed by atoms with van der Waals surface area (Å²) in [5.41, 5.74) is 3.01. The molecule has 24 heavy (non-hydrogen) atoms. The summed E-state index contributed by atoms with van der Waals surface area (Å²) in [4.78, 5) is 11.1. The Morgan fingerprint density at radius 1 is 1.25 bits per heavy atom. The van der Waals surface area contributed by atoms with Crippen LogP contribution in [0.4, 0.5) is 5.69 Å². The summed E-state index contributed by atoms with van der Waals surface area (Å²) < 4.78 is 11.8. The second-order valence-corrected chi connectivity index (χ2v) is 6.07. The van der Waals surface area contributed by atoms with Crippen molar-refractivity contribution in [1.29, 1.82) is 0 Å². The Kier molecular flexibility index (Phi) is 6.09. The average Bonchev–Trinajstić information content (AvgIpc) is 2.56. The number of nitrogens with one attached hydrogen (secondary N) is 1. The first-order valence-corrected chi connectivity index (χ1v) is 8.32. The monoisotopic (exact) mass is 393 g/mol. The SMILES string of the molecule is CCOc1cc(CNc2cc(C(=O)O)ccc2C)c(Br)cc1OC. The van der Waals surface area contributed by atoms with Crippen molar-refractivity contribution in [1.82, 2.24) is 0 Å². The maximum Gasteiger partial charge on any atom is 0.335 e. The summed E-state index contributed by atoms with van der Waals surface area (Å²) in [7, 11) is 1.60. The van der Waals surface area contributed by atoms with Gasteiger partial charge in [0.25, 0.3) is 0 Å². The molecule has 0 saturated carbocycles. The van der Waals surface area contributed by atoms with Gasteiger partial charge >= 0.3 is 5.97 Å². The Hall–Kier alpha value is -2.21. The Morgan fingerprint density at radius 3 is 2.62 bits per heavy atom. The molecule has 2 aromatic rings. The van der Waals surface area contributed by atoms with Crippen molar-refractivity contribution in [2.24, 2.45) is 0 Å². The lowest BCUT2D eigenvalue weighted by molar-refractivity contribution is 0.0697. The second-order valence-electron chi connectivity index (χ2n) is 5.22. The molecule has 0 aromatic heterocycles. The Labute approximate surface area is 149 Å². The van der Waals surface area contributed by atoms with E-state index in [4.69, 9.17) is 14.6 Å². The van der Waals surface area contributed by atoms with E-state index in [1.807, 2.05) is 26.0 Å². The van der Waals surface area contributed by atoms with Gasteiger partial charge in [0.15, 0.2) is 11.5 Å². The van der Waals surface area contributed by atoms with E-state index in [1.54, 1.807) is 25.3 Å². The fourth-order valence-corrected chi connectivity index (χ4v) is 2.74. The van der Waals surface area contributed by atoms with Crippen molar-refractivity contribution < 1.29 is 19.4 Å². The van der Waals surface area contributed by atoms with Gasteiger partial charge in [0, 0.05) is 16.7 Å². The number of halogens is 1. The van der Waals surface area contributed by atoms with E-state index < -0.39 is 5.97 Å². The highest BCUT2D eigenvalue weighted by Gasteiger charge is 2.11. The molecule has 0 radical (unpaired) electrons. The fourth-order valence-electron chi connectivity index (χ4n) is 2.28. The molecule has 128 valence electrons. The van der Waals surface area contributed by atoms with Gasteiger partial charge in [0.2, 0.25) is 0 Å². The normalized spacial score (nSPS) is 10.3. The number of carboxylic acids is 1. The topological polar surface area (TPSA) is 67.8 Å². The summed E-state index contributed by atoms with van der Waals surface area (Å²) in [6.07, 6.45) is 0. The molecule has 0 atom stereocenters. The zero-order valence-electron chi connectivity index (χ0n) is 13.9. The number of methoxy groups -OCH3 is 1. The first-order chi connectivity index (χ1) is 11.5. The number of anilines is 1. The average molecular weight is 394 g/mol. The Balaban J connectivity index is 2.24. The molecule has 0 heterocycles. The first kappa shape index (κ1) is 18.1. The van der Waals surface area contributed by atoms with E-state index >= 15 is 0 Å². The number of aryl methyl sites for hydroxylation is 1. The van der Waals surface area contributed by atoms with Gasteiger partial charge in [-0.05, 0) is 49.2 Å². The molecule has 6 heteroatoms. The molecule has 5 nitrogen and oxygen atoms in total. The molecule has 0 spiro atoms. The molecular weight excluding hydrogens is 374 g/mol. The van der Waals surface area contributed by atoms with Crippen LogP contribution in [0.5, 0.6) is 11.5 Å². The highest BCUT2D eigenvalue weighted by Crippen LogP contribution is 2.34. The Bertz CT molecular complexity index is 746. The van der Waals surface area contributed by atoms with Gasteiger partial charge in [0.05, 0.1) is 19.3 Å². The molecule has 0 unspecified atom stereocenters. The highest BCUT2D eigenvalue weighted by atomic mass is 79.9. The fraction of sp³-hybridized carbons (Fsp3) is 0.278. The molecule has 0 amide bonds. The van der Waals surface area contributed by atoms with Crippen molar-refractivity contribution in [3.8, 4) is 11.5 Å². The number of aromatic carboxylic acids is 1. The van der Waals surface area contributed by atoms with Gasteiger partial charge in [-0.3, -0.25) is 0 Å². The number of benzene rings is 2. The molecule has 0 aliphatic heterocycles. The molecule has 0 aliphatic rings. The number of carboxylic acid groups (broad SMARTS) is 1. The van der Waals surface area contributed by atoms with Crippen molar-refractivity contribution in [2.45, 2.75) is 20.4 Å². The molecule has 0 saturated heterocycles. The summed E-state index contributed by atoms with van der Waals surface area (Å²) in [5, 5.41) is 12.4. The van der Waals surface area contributed by atoms with Crippen LogP contribution in [0.3, 0.4) is 0 Å². The summed E-state index contributed by atoms with van der Waals surface area (Å²) in [6.45, 7) is 4.92. The van der Waals surface area contributed by atoms with Crippen molar-refractivity contribution in [3.05, 3.63) is 51.5 Å². The molecule has 0 aliphatic carbocycles. The number of hydrogen-bond donors (Lipinski definition) is 2. The third-order valence-corrected chi connectivity index (χ3v) is 4.32. The van der Waals surface area contributed by atoms with Crippen LogP contribution in [0.2, 0.25) is 0 Å². The number of rotatable bonds is 7. The second kappa shape index (κ2) is 8.06. The minimum absolute atomic E-state index is 0.256. The number of hydrogen-bond acceptors (Lipinski definition) is 4. The van der Waals surface area contributed by atoms with E-state index in [1.165, 1.54) is 0 Å². The van der Waals surface area contributed by atoms with E-state index in [0.717, 1.165) is 21.3 Å². The quantitative estimate of drug-likeness (QED) is 0.725. The predicted octanol–water partition coefficient (Wildman–Crippen LogP) is 4.48. The third kappa shape index (κ3) is 4.20. The standard InChI is InChI=1S/C18H20BrNO4/c1-4-24-17-8-13(14(19)9-16(17)23-3)10-20-15-7-12(18(21)22)6-5-11(15)2/h5-9,20H,4,10H2,1-3H3,(H,21,22). The lowest BCUT2D eigenvalue weighted by Gasteiger charge is -2.15. The van der Waals surface area contributed by atoms with Crippen LogP contribution in [0.1, 0.15) is 28.4 Å². The van der Waals surface area contributed by atoms with Crippen molar-refractivity contribution >= 4 is 27.6 Å². The van der Waals surface area contributed by atoms with Crippen LogP contribution < -0.4 is 14.8 Å². The lowest BCUT2D eigenvalue weighted by Crippen LogP contribution is -2.05. The highest BCUT2D eigenvalue weighted by molar-refractivity contribution is 9.10. The van der Waals surface area contributed by atoms with Crippen LogP contribution in [-0.2, 0) is 6.54 Å². The molecule has 0 bridgehead atoms. The van der Waals surface area contributed by atoms with E-state index in [0.29, 0.717) is 24.7 Å². The van der Waals surface area contributed by atoms with Gasteiger partial charge < -0.3 is 19.9 Å². The summed E-state index contributed by atoms with van der Waals surface area (Å²) in [5.74, 6) is 0.398. The third-order valence-electron chi connectivity index (χ3n) is 3.59. The maximum absolute atomic E-state index is 11.1. The Morgan fingerprint density at radius 2 is 2.00 bits per heavy atom. The van der Waals surface area contributed by atoms with Gasteiger partial charge in [-0.1, -0.05) is 22.0 Å². The zero-order valence-corrected chi connectivity index (χ0v) is 15.4. The summed E-state index contributed by atoms with van der Waals surface area (Å²) >= 11 is 3.53. The molecular formula is C18H20BrNO4. The number of carbonyl (C=O) groups is 1. The van der Waals surface area contributed by atoms with Gasteiger partial charge in [-0.2, -0.15) is 0 Å². The number of ether oxygens (including phenoxy) is 2. The van der Waals surface area contributed by atoms with E-state index in [2.05, 4.69) is 21.2 Å². The predicted molar refractivity (Wildman–Crippen MR) is 97.3 cm³/mol. The minimum atomic E-state index is -0.942.